The van der Waals surface area contributed by atoms with Gasteiger partial charge in [-0.05, 0) is 0 Å². The third kappa shape index (κ3) is 2.15. The molecule has 1 aliphatic heterocycles. The molecule has 1 N–H and O–H groups in total. The molecule has 0 spiro atoms. The highest BCUT2D eigenvalue weighted by molar-refractivity contribution is 5.16. The second-order valence-corrected chi connectivity index (χ2v) is 2.46. The first kappa shape index (κ1) is 9.92. The predicted octanol–water partition coefficient (Wildman–Crippen LogP) is 0.869. The smallest absolute Gasteiger partial charge is 0.256 e. The number of ether oxygens (including phenoxy) is 1. The third-order valence-corrected chi connectivity index (χ3v) is 1.77. The number of aromatic nitrogens is 2. The van der Waals surface area contributed by atoms with Gasteiger partial charge in [-0.25, -0.2) is 4.98 Å². The van der Waals surface area contributed by atoms with E-state index in [1.54, 1.807) is 0 Å². The zero-order chi connectivity index (χ0) is 9.68. The zero-order valence-electron chi connectivity index (χ0n) is 7.96. The van der Waals surface area contributed by atoms with Gasteiger partial charge < -0.3 is 9.72 Å². The van der Waals surface area contributed by atoms with Crippen LogP contribution < -0.4 is 5.56 Å². The van der Waals surface area contributed by atoms with Crippen LogP contribution in [0.2, 0.25) is 0 Å². The summed E-state index contributed by atoms with van der Waals surface area (Å²) in [6, 6.07) is 0. The number of nitrogens with zero attached hydrogens (tertiary/aromatic N) is 1. The van der Waals surface area contributed by atoms with Crippen molar-refractivity contribution in [3.05, 3.63) is 27.9 Å². The van der Waals surface area contributed by atoms with E-state index in [1.165, 1.54) is 6.33 Å². The van der Waals surface area contributed by atoms with E-state index < -0.39 is 0 Å². The molecule has 1 aromatic heterocycles. The summed E-state index contributed by atoms with van der Waals surface area (Å²) < 4.78 is 5.12. The van der Waals surface area contributed by atoms with Crippen molar-refractivity contribution in [1.82, 2.24) is 9.97 Å². The van der Waals surface area contributed by atoms with Crippen LogP contribution in [0, 0.1) is 0 Å². The fourth-order valence-electron chi connectivity index (χ4n) is 1.17. The number of hydrogen-bond donors (Lipinski definition) is 1. The Morgan fingerprint density at radius 3 is 3.00 bits per heavy atom. The van der Waals surface area contributed by atoms with Gasteiger partial charge in [-0.3, -0.25) is 4.79 Å². The average molecular weight is 182 g/mol. The monoisotopic (exact) mass is 182 g/mol. The molecule has 1 aliphatic rings. The average Bonchev–Trinajstić information content (AvgIpc) is 2.22. The molecule has 13 heavy (non-hydrogen) atoms. The lowest BCUT2D eigenvalue weighted by Gasteiger charge is -2.12. The summed E-state index contributed by atoms with van der Waals surface area (Å²) in [5.74, 6) is 0. The minimum Gasteiger partial charge on any atom is -0.376 e. The molecule has 0 saturated carbocycles. The van der Waals surface area contributed by atoms with Crippen molar-refractivity contribution < 1.29 is 4.74 Å². The molecule has 0 fully saturated rings. The molecular weight excluding hydrogens is 168 g/mol. The summed E-state index contributed by atoms with van der Waals surface area (Å²) in [6.07, 6.45) is 2.19. The lowest BCUT2D eigenvalue weighted by atomic mass is 10.1. The Bertz CT molecular complexity index is 320. The van der Waals surface area contributed by atoms with Gasteiger partial charge in [0.2, 0.25) is 0 Å². The second-order valence-electron chi connectivity index (χ2n) is 2.46. The summed E-state index contributed by atoms with van der Waals surface area (Å²) in [4.78, 5) is 17.6. The molecule has 0 unspecified atom stereocenters. The van der Waals surface area contributed by atoms with Gasteiger partial charge in [-0.2, -0.15) is 0 Å². The normalized spacial score (nSPS) is 14.0. The summed E-state index contributed by atoms with van der Waals surface area (Å²) in [6.45, 7) is 5.07. The molecule has 0 aliphatic carbocycles. The topological polar surface area (TPSA) is 55.0 Å². The molecule has 2 heterocycles. The molecule has 4 nitrogen and oxygen atoms in total. The molecule has 2 rings (SSSR count). The van der Waals surface area contributed by atoms with Crippen molar-refractivity contribution in [2.24, 2.45) is 0 Å². The first-order valence-electron chi connectivity index (χ1n) is 4.51. The van der Waals surface area contributed by atoms with Gasteiger partial charge in [-0.1, -0.05) is 13.8 Å². The highest BCUT2D eigenvalue weighted by Gasteiger charge is 2.12. The van der Waals surface area contributed by atoms with Crippen LogP contribution in [0.25, 0.3) is 0 Å². The van der Waals surface area contributed by atoms with Crippen molar-refractivity contribution in [3.63, 3.8) is 0 Å². The van der Waals surface area contributed by atoms with Crippen LogP contribution in [0.5, 0.6) is 0 Å². The Morgan fingerprint density at radius 2 is 2.31 bits per heavy atom. The van der Waals surface area contributed by atoms with Gasteiger partial charge in [0.1, 0.15) is 0 Å². The minimum absolute atomic E-state index is 0.0744. The number of nitrogens with one attached hydrogen (secondary N) is 1. The quantitative estimate of drug-likeness (QED) is 0.647. The molecule has 0 bridgehead atoms. The van der Waals surface area contributed by atoms with Gasteiger partial charge in [0.05, 0.1) is 30.8 Å². The maximum atomic E-state index is 11.1. The van der Waals surface area contributed by atoms with Crippen LogP contribution in [0.1, 0.15) is 25.1 Å². The van der Waals surface area contributed by atoms with Gasteiger partial charge in [-0.15, -0.1) is 0 Å². The Morgan fingerprint density at radius 1 is 1.54 bits per heavy atom. The van der Waals surface area contributed by atoms with Crippen LogP contribution in [0.15, 0.2) is 11.1 Å². The standard InChI is InChI=1S/C7H8N2O2.C2H6/c10-7-5-3-11-2-1-6(5)8-4-9-7;1-2/h4H,1-3H2,(H,8,9,10);1-2H3. The van der Waals surface area contributed by atoms with Crippen molar-refractivity contribution in [2.75, 3.05) is 6.61 Å². The fraction of sp³-hybridized carbons (Fsp3) is 0.556. The molecule has 0 saturated heterocycles. The molecule has 72 valence electrons. The minimum atomic E-state index is -0.0744. The van der Waals surface area contributed by atoms with E-state index in [0.29, 0.717) is 18.8 Å². The van der Waals surface area contributed by atoms with E-state index in [1.807, 2.05) is 13.8 Å². The van der Waals surface area contributed by atoms with Crippen LogP contribution in [-0.2, 0) is 17.8 Å². The molecular formula is C9H14N2O2. The summed E-state index contributed by atoms with van der Waals surface area (Å²) >= 11 is 0. The Labute approximate surface area is 77.0 Å². The van der Waals surface area contributed by atoms with E-state index in [2.05, 4.69) is 9.97 Å². The molecule has 0 atom stereocenters. The van der Waals surface area contributed by atoms with E-state index in [-0.39, 0.29) is 5.56 Å². The zero-order valence-corrected chi connectivity index (χ0v) is 7.96. The number of fused-ring (bicyclic) bond motifs is 1. The first-order chi connectivity index (χ1) is 6.38. The first-order valence-corrected chi connectivity index (χ1v) is 4.51. The lowest BCUT2D eigenvalue weighted by Crippen LogP contribution is -2.22. The predicted molar refractivity (Wildman–Crippen MR) is 49.6 cm³/mol. The second kappa shape index (κ2) is 4.77. The third-order valence-electron chi connectivity index (χ3n) is 1.77. The molecule has 4 heteroatoms. The highest BCUT2D eigenvalue weighted by atomic mass is 16.5. The van der Waals surface area contributed by atoms with E-state index in [4.69, 9.17) is 4.74 Å². The number of hydrogen-bond acceptors (Lipinski definition) is 3. The number of aromatic amines is 1. The summed E-state index contributed by atoms with van der Waals surface area (Å²) in [7, 11) is 0. The van der Waals surface area contributed by atoms with Crippen LogP contribution in [0.3, 0.4) is 0 Å². The van der Waals surface area contributed by atoms with Crippen molar-refractivity contribution in [2.45, 2.75) is 26.9 Å². The van der Waals surface area contributed by atoms with Crippen molar-refractivity contribution in [3.8, 4) is 0 Å². The fourth-order valence-corrected chi connectivity index (χ4v) is 1.17. The Balaban J connectivity index is 0.000000396. The number of rotatable bonds is 0. The van der Waals surface area contributed by atoms with Crippen molar-refractivity contribution >= 4 is 0 Å². The molecule has 0 radical (unpaired) electrons. The maximum Gasteiger partial charge on any atom is 0.256 e. The Hall–Kier alpha value is -1.16. The summed E-state index contributed by atoms with van der Waals surface area (Å²) in [5.41, 5.74) is 1.48. The maximum absolute atomic E-state index is 11.1. The number of H-pyrrole nitrogens is 1. The van der Waals surface area contributed by atoms with E-state index >= 15 is 0 Å². The van der Waals surface area contributed by atoms with Crippen LogP contribution >= 0.6 is 0 Å². The van der Waals surface area contributed by atoms with Crippen LogP contribution in [0.4, 0.5) is 0 Å². The van der Waals surface area contributed by atoms with E-state index in [9.17, 15) is 4.79 Å². The van der Waals surface area contributed by atoms with Gasteiger partial charge >= 0.3 is 0 Å². The summed E-state index contributed by atoms with van der Waals surface area (Å²) in [5, 5.41) is 0. The van der Waals surface area contributed by atoms with Crippen LogP contribution in [-0.4, -0.2) is 16.6 Å². The molecule has 1 aromatic rings. The van der Waals surface area contributed by atoms with Crippen molar-refractivity contribution in [1.29, 1.82) is 0 Å². The highest BCUT2D eigenvalue weighted by Crippen LogP contribution is 2.07. The molecule has 0 amide bonds. The van der Waals surface area contributed by atoms with Gasteiger partial charge in [0.25, 0.3) is 5.56 Å². The molecule has 0 aromatic carbocycles. The Kier molecular flexibility index (Phi) is 3.64. The van der Waals surface area contributed by atoms with E-state index in [0.717, 1.165) is 12.1 Å². The largest absolute Gasteiger partial charge is 0.376 e. The SMILES string of the molecule is CC.O=c1[nH]cnc2c1COCC2. The lowest BCUT2D eigenvalue weighted by molar-refractivity contribution is 0.108. The van der Waals surface area contributed by atoms with Gasteiger partial charge in [0, 0.05) is 6.42 Å². The van der Waals surface area contributed by atoms with Gasteiger partial charge in [0.15, 0.2) is 0 Å².